The van der Waals surface area contributed by atoms with Crippen LogP contribution in [0.4, 0.5) is 0 Å². The smallest absolute Gasteiger partial charge is 0.262 e. The predicted molar refractivity (Wildman–Crippen MR) is 99.7 cm³/mol. The summed E-state index contributed by atoms with van der Waals surface area (Å²) in [6, 6.07) is 7.68. The highest BCUT2D eigenvalue weighted by atomic mass is 32.1. The van der Waals surface area contributed by atoms with Crippen LogP contribution in [-0.2, 0) is 4.79 Å². The van der Waals surface area contributed by atoms with E-state index in [2.05, 4.69) is 22.3 Å². The van der Waals surface area contributed by atoms with Crippen molar-refractivity contribution in [1.29, 1.82) is 0 Å². The summed E-state index contributed by atoms with van der Waals surface area (Å²) in [5.74, 6) is -0.0753. The lowest BCUT2D eigenvalue weighted by atomic mass is 9.99. The van der Waals surface area contributed by atoms with Crippen molar-refractivity contribution in [3.05, 3.63) is 46.9 Å². The standard InChI is InChI=1S/C19H25N3O2S/c1-14(2)17(20-18(23)16-6-5-13-25-16)19(24)22-11-7-15(8-12-22)21-9-3-4-10-21/h3-6,9-10,13-15,17H,7-8,11-12H2,1-2H3,(H,20,23). The zero-order chi connectivity index (χ0) is 17.8. The molecule has 2 aromatic heterocycles. The van der Waals surface area contributed by atoms with E-state index < -0.39 is 6.04 Å². The molecule has 1 unspecified atom stereocenters. The highest BCUT2D eigenvalue weighted by molar-refractivity contribution is 7.12. The van der Waals surface area contributed by atoms with Crippen molar-refractivity contribution in [2.75, 3.05) is 13.1 Å². The van der Waals surface area contributed by atoms with Crippen LogP contribution in [0, 0.1) is 5.92 Å². The topological polar surface area (TPSA) is 54.3 Å². The molecule has 0 saturated carbocycles. The van der Waals surface area contributed by atoms with Gasteiger partial charge >= 0.3 is 0 Å². The van der Waals surface area contributed by atoms with Gasteiger partial charge in [0.25, 0.3) is 5.91 Å². The van der Waals surface area contributed by atoms with Gasteiger partial charge in [-0.05, 0) is 42.3 Å². The van der Waals surface area contributed by atoms with E-state index in [0.29, 0.717) is 10.9 Å². The summed E-state index contributed by atoms with van der Waals surface area (Å²) in [5, 5.41) is 4.80. The van der Waals surface area contributed by atoms with Crippen LogP contribution in [0.15, 0.2) is 42.0 Å². The Labute approximate surface area is 152 Å². The summed E-state index contributed by atoms with van der Waals surface area (Å²) in [6.07, 6.45) is 6.06. The molecular weight excluding hydrogens is 334 g/mol. The minimum Gasteiger partial charge on any atom is -0.351 e. The van der Waals surface area contributed by atoms with Gasteiger partial charge in [-0.25, -0.2) is 0 Å². The largest absolute Gasteiger partial charge is 0.351 e. The monoisotopic (exact) mass is 359 g/mol. The molecule has 25 heavy (non-hydrogen) atoms. The van der Waals surface area contributed by atoms with Gasteiger partial charge in [-0.15, -0.1) is 11.3 Å². The van der Waals surface area contributed by atoms with E-state index in [4.69, 9.17) is 0 Å². The lowest BCUT2D eigenvalue weighted by Crippen LogP contribution is -2.53. The van der Waals surface area contributed by atoms with Gasteiger partial charge in [0.15, 0.2) is 0 Å². The highest BCUT2D eigenvalue weighted by Gasteiger charge is 2.31. The third kappa shape index (κ3) is 4.12. The van der Waals surface area contributed by atoms with Crippen molar-refractivity contribution in [1.82, 2.24) is 14.8 Å². The SMILES string of the molecule is CC(C)C(NC(=O)c1cccs1)C(=O)N1CCC(n2cccc2)CC1. The van der Waals surface area contributed by atoms with Crippen molar-refractivity contribution < 1.29 is 9.59 Å². The summed E-state index contributed by atoms with van der Waals surface area (Å²) in [5.41, 5.74) is 0. The fourth-order valence-electron chi connectivity index (χ4n) is 3.31. The maximum Gasteiger partial charge on any atom is 0.262 e. The molecule has 0 aliphatic carbocycles. The zero-order valence-corrected chi connectivity index (χ0v) is 15.5. The summed E-state index contributed by atoms with van der Waals surface area (Å²) in [7, 11) is 0. The first-order valence-electron chi connectivity index (χ1n) is 8.82. The molecule has 2 aromatic rings. The van der Waals surface area contributed by atoms with Gasteiger partial charge in [0.05, 0.1) is 4.88 Å². The van der Waals surface area contributed by atoms with Crippen LogP contribution in [-0.4, -0.2) is 40.4 Å². The quantitative estimate of drug-likeness (QED) is 0.891. The zero-order valence-electron chi connectivity index (χ0n) is 14.7. The molecule has 1 fully saturated rings. The number of nitrogens with one attached hydrogen (secondary N) is 1. The Morgan fingerprint density at radius 2 is 1.84 bits per heavy atom. The highest BCUT2D eigenvalue weighted by Crippen LogP contribution is 2.23. The third-order valence-electron chi connectivity index (χ3n) is 4.79. The van der Waals surface area contributed by atoms with Gasteiger partial charge in [-0.3, -0.25) is 9.59 Å². The Morgan fingerprint density at radius 3 is 2.40 bits per heavy atom. The Kier molecular flexibility index (Phi) is 5.58. The minimum atomic E-state index is -0.474. The van der Waals surface area contributed by atoms with Gasteiger partial charge in [-0.1, -0.05) is 19.9 Å². The van der Waals surface area contributed by atoms with Crippen molar-refractivity contribution in [3.8, 4) is 0 Å². The molecule has 1 atom stereocenters. The molecule has 0 radical (unpaired) electrons. The second-order valence-corrected chi connectivity index (χ2v) is 7.81. The van der Waals surface area contributed by atoms with Gasteiger partial charge in [0, 0.05) is 31.5 Å². The minimum absolute atomic E-state index is 0.0332. The number of thiophene rings is 1. The number of aromatic nitrogens is 1. The van der Waals surface area contributed by atoms with Gasteiger partial charge in [0.1, 0.15) is 6.04 Å². The first-order chi connectivity index (χ1) is 12.1. The predicted octanol–water partition coefficient (Wildman–Crippen LogP) is 3.17. The molecule has 0 aromatic carbocycles. The number of carbonyl (C=O) groups excluding carboxylic acids is 2. The fraction of sp³-hybridized carbons (Fsp3) is 0.474. The Hall–Kier alpha value is -2.08. The van der Waals surface area contributed by atoms with Crippen LogP contribution in [0.5, 0.6) is 0 Å². The first kappa shape index (κ1) is 17.7. The second kappa shape index (κ2) is 7.87. The maximum absolute atomic E-state index is 12.9. The van der Waals surface area contributed by atoms with E-state index in [1.807, 2.05) is 42.3 Å². The fourth-order valence-corrected chi connectivity index (χ4v) is 3.93. The van der Waals surface area contributed by atoms with E-state index >= 15 is 0 Å². The molecule has 2 amide bonds. The summed E-state index contributed by atoms with van der Waals surface area (Å²) in [6.45, 7) is 5.42. The molecule has 1 saturated heterocycles. The number of hydrogen-bond donors (Lipinski definition) is 1. The van der Waals surface area contributed by atoms with Gasteiger partial charge in [-0.2, -0.15) is 0 Å². The van der Waals surface area contributed by atoms with E-state index in [9.17, 15) is 9.59 Å². The number of carbonyl (C=O) groups is 2. The van der Waals surface area contributed by atoms with E-state index in [-0.39, 0.29) is 17.7 Å². The molecule has 3 heterocycles. The second-order valence-electron chi connectivity index (χ2n) is 6.86. The lowest BCUT2D eigenvalue weighted by Gasteiger charge is -2.36. The molecule has 0 bridgehead atoms. The van der Waals surface area contributed by atoms with Crippen LogP contribution in [0.25, 0.3) is 0 Å². The van der Waals surface area contributed by atoms with Crippen LogP contribution in [0.2, 0.25) is 0 Å². The van der Waals surface area contributed by atoms with Crippen molar-refractivity contribution >= 4 is 23.2 Å². The Morgan fingerprint density at radius 1 is 1.16 bits per heavy atom. The van der Waals surface area contributed by atoms with E-state index in [1.165, 1.54) is 11.3 Å². The molecular formula is C19H25N3O2S. The molecule has 3 rings (SSSR count). The summed E-state index contributed by atoms with van der Waals surface area (Å²) < 4.78 is 2.22. The number of amides is 2. The average Bonchev–Trinajstić information content (AvgIpc) is 3.32. The van der Waals surface area contributed by atoms with Gasteiger partial charge < -0.3 is 14.8 Å². The van der Waals surface area contributed by atoms with Crippen molar-refractivity contribution in [3.63, 3.8) is 0 Å². The molecule has 1 aliphatic rings. The number of rotatable bonds is 5. The first-order valence-corrected chi connectivity index (χ1v) is 9.70. The van der Waals surface area contributed by atoms with Crippen molar-refractivity contribution in [2.24, 2.45) is 5.92 Å². The molecule has 5 nitrogen and oxygen atoms in total. The summed E-state index contributed by atoms with van der Waals surface area (Å²) >= 11 is 1.39. The van der Waals surface area contributed by atoms with Crippen LogP contribution in [0.1, 0.15) is 42.4 Å². The number of hydrogen-bond acceptors (Lipinski definition) is 3. The van der Waals surface area contributed by atoms with E-state index in [1.54, 1.807) is 6.07 Å². The number of piperidine rings is 1. The molecule has 134 valence electrons. The normalized spacial score (nSPS) is 16.8. The van der Waals surface area contributed by atoms with Crippen LogP contribution >= 0.6 is 11.3 Å². The van der Waals surface area contributed by atoms with Gasteiger partial charge in [0.2, 0.25) is 5.91 Å². The lowest BCUT2D eigenvalue weighted by molar-refractivity contribution is -0.135. The van der Waals surface area contributed by atoms with Crippen LogP contribution < -0.4 is 5.32 Å². The van der Waals surface area contributed by atoms with E-state index in [0.717, 1.165) is 25.9 Å². The maximum atomic E-state index is 12.9. The molecule has 6 heteroatoms. The number of nitrogens with zero attached hydrogens (tertiary/aromatic N) is 2. The summed E-state index contributed by atoms with van der Waals surface area (Å²) in [4.78, 5) is 27.8. The Balaban J connectivity index is 1.60. The third-order valence-corrected chi connectivity index (χ3v) is 5.66. The average molecular weight is 359 g/mol. The number of likely N-dealkylation sites (tertiary alicyclic amines) is 1. The van der Waals surface area contributed by atoms with Crippen molar-refractivity contribution in [2.45, 2.75) is 38.8 Å². The van der Waals surface area contributed by atoms with Crippen LogP contribution in [0.3, 0.4) is 0 Å². The molecule has 1 N–H and O–H groups in total. The molecule has 0 spiro atoms. The molecule has 1 aliphatic heterocycles. The Bertz CT molecular complexity index is 686.